The normalized spacial score (nSPS) is 10.7. The van der Waals surface area contributed by atoms with Crippen LogP contribution in [-0.4, -0.2) is 28.6 Å². The fourth-order valence-electron chi connectivity index (χ4n) is 2.78. The molecule has 3 aromatic rings. The van der Waals surface area contributed by atoms with Gasteiger partial charge < -0.3 is 14.6 Å². The molecule has 0 bridgehead atoms. The van der Waals surface area contributed by atoms with Crippen LogP contribution in [0.5, 0.6) is 5.75 Å². The highest BCUT2D eigenvalue weighted by Gasteiger charge is 2.11. The number of nitrogens with zero attached hydrogens (tertiary/aromatic N) is 2. The molecule has 0 unspecified atom stereocenters. The Hall–Kier alpha value is -3.08. The molecule has 1 N–H and O–H groups in total. The highest BCUT2D eigenvalue weighted by molar-refractivity contribution is 5.92. The van der Waals surface area contributed by atoms with Crippen LogP contribution in [0.25, 0.3) is 11.0 Å². The van der Waals surface area contributed by atoms with Gasteiger partial charge in [0.15, 0.2) is 0 Å². The third-order valence-electron chi connectivity index (χ3n) is 4.08. The Morgan fingerprint density at radius 2 is 1.88 bits per heavy atom. The number of hydrogen-bond donors (Lipinski definition) is 1. The van der Waals surface area contributed by atoms with E-state index in [-0.39, 0.29) is 5.91 Å². The van der Waals surface area contributed by atoms with Crippen LogP contribution in [0.3, 0.4) is 0 Å². The van der Waals surface area contributed by atoms with Gasteiger partial charge in [0.2, 0.25) is 5.91 Å². The number of nitrogens with one attached hydrogen (secondary N) is 1. The minimum Gasteiger partial charge on any atom is -0.492 e. The zero-order valence-corrected chi connectivity index (χ0v) is 14.9. The van der Waals surface area contributed by atoms with Gasteiger partial charge in [-0.1, -0.05) is 36.9 Å². The first-order chi connectivity index (χ1) is 12.6. The number of amides is 1. The third kappa shape index (κ3) is 4.30. The van der Waals surface area contributed by atoms with Gasteiger partial charge in [-0.15, -0.1) is 0 Å². The summed E-state index contributed by atoms with van der Waals surface area (Å²) >= 11 is 0. The number of ether oxygens (including phenoxy) is 1. The monoisotopic (exact) mass is 349 g/mol. The summed E-state index contributed by atoms with van der Waals surface area (Å²) in [6, 6.07) is 17.8. The maximum atomic E-state index is 11.7. The zero-order valence-electron chi connectivity index (χ0n) is 14.9. The molecule has 5 heteroatoms. The van der Waals surface area contributed by atoms with Crippen molar-refractivity contribution in [3.8, 4) is 5.75 Å². The first-order valence-corrected chi connectivity index (χ1v) is 8.71. The number of para-hydroxylation sites is 3. The molecule has 0 atom stereocenters. The summed E-state index contributed by atoms with van der Waals surface area (Å²) in [5, 5.41) is 2.86. The van der Waals surface area contributed by atoms with Crippen molar-refractivity contribution >= 4 is 16.9 Å². The van der Waals surface area contributed by atoms with Crippen LogP contribution >= 0.6 is 0 Å². The molecule has 2 aromatic carbocycles. The molecule has 5 nitrogen and oxygen atoms in total. The predicted molar refractivity (Wildman–Crippen MR) is 103 cm³/mol. The number of imidazole rings is 1. The lowest BCUT2D eigenvalue weighted by Gasteiger charge is -2.11. The van der Waals surface area contributed by atoms with Gasteiger partial charge in [0.05, 0.1) is 17.6 Å². The van der Waals surface area contributed by atoms with Crippen LogP contribution in [0.15, 0.2) is 66.7 Å². The second-order valence-corrected chi connectivity index (χ2v) is 6.12. The predicted octanol–water partition coefficient (Wildman–Crippen LogP) is 3.35. The summed E-state index contributed by atoms with van der Waals surface area (Å²) in [5.41, 5.74) is 2.54. The van der Waals surface area contributed by atoms with Crippen LogP contribution in [0, 0.1) is 0 Å². The van der Waals surface area contributed by atoms with Crippen molar-refractivity contribution in [3.63, 3.8) is 0 Å². The highest BCUT2D eigenvalue weighted by atomic mass is 16.5. The molecule has 0 fully saturated rings. The standard InChI is InChI=1S/C21H23N3O2/c1-16(2)21(25)22-13-12-20-23-18-10-6-7-11-19(18)24(20)14-15-26-17-8-4-3-5-9-17/h3-11H,1,12-15H2,2H3,(H,22,25). The molecule has 1 amide bonds. The van der Waals surface area contributed by atoms with Crippen LogP contribution in [-0.2, 0) is 17.8 Å². The van der Waals surface area contributed by atoms with Gasteiger partial charge in [-0.25, -0.2) is 4.98 Å². The maximum absolute atomic E-state index is 11.7. The van der Waals surface area contributed by atoms with Crippen molar-refractivity contribution in [1.29, 1.82) is 0 Å². The van der Waals surface area contributed by atoms with E-state index >= 15 is 0 Å². The molecule has 0 spiro atoms. The van der Waals surface area contributed by atoms with E-state index in [1.54, 1.807) is 6.92 Å². The van der Waals surface area contributed by atoms with Crippen molar-refractivity contribution in [1.82, 2.24) is 14.9 Å². The van der Waals surface area contributed by atoms with Crippen molar-refractivity contribution < 1.29 is 9.53 Å². The van der Waals surface area contributed by atoms with Crippen LogP contribution in [0.1, 0.15) is 12.7 Å². The third-order valence-corrected chi connectivity index (χ3v) is 4.08. The molecule has 134 valence electrons. The van der Waals surface area contributed by atoms with Crippen LogP contribution in [0.4, 0.5) is 0 Å². The summed E-state index contributed by atoms with van der Waals surface area (Å²) in [4.78, 5) is 16.4. The molecule has 26 heavy (non-hydrogen) atoms. The molecular formula is C21H23N3O2. The number of benzene rings is 2. The van der Waals surface area contributed by atoms with Gasteiger partial charge >= 0.3 is 0 Å². The fraction of sp³-hybridized carbons (Fsp3) is 0.238. The summed E-state index contributed by atoms with van der Waals surface area (Å²) in [7, 11) is 0. The average Bonchev–Trinajstić information content (AvgIpc) is 3.00. The van der Waals surface area contributed by atoms with E-state index in [0.29, 0.717) is 31.7 Å². The van der Waals surface area contributed by atoms with E-state index in [1.807, 2.05) is 48.5 Å². The Bertz CT molecular complexity index is 900. The molecule has 0 aliphatic carbocycles. The average molecular weight is 349 g/mol. The smallest absolute Gasteiger partial charge is 0.246 e. The molecule has 0 saturated heterocycles. The summed E-state index contributed by atoms with van der Waals surface area (Å²) in [5.74, 6) is 1.66. The number of rotatable bonds is 8. The topological polar surface area (TPSA) is 56.2 Å². The van der Waals surface area contributed by atoms with Gasteiger partial charge in [-0.2, -0.15) is 0 Å². The lowest BCUT2D eigenvalue weighted by atomic mass is 10.3. The summed E-state index contributed by atoms with van der Waals surface area (Å²) in [6.07, 6.45) is 0.652. The van der Waals surface area contributed by atoms with Gasteiger partial charge in [0.25, 0.3) is 0 Å². The minimum atomic E-state index is -0.125. The van der Waals surface area contributed by atoms with E-state index < -0.39 is 0 Å². The Morgan fingerprint density at radius 3 is 2.65 bits per heavy atom. The molecule has 0 aliphatic rings. The van der Waals surface area contributed by atoms with Gasteiger partial charge in [0, 0.05) is 18.5 Å². The van der Waals surface area contributed by atoms with Crippen molar-refractivity contribution in [3.05, 3.63) is 72.6 Å². The van der Waals surface area contributed by atoms with Gasteiger partial charge in [0.1, 0.15) is 18.2 Å². The van der Waals surface area contributed by atoms with Gasteiger partial charge in [-0.05, 0) is 31.2 Å². The molecule has 1 heterocycles. The summed E-state index contributed by atoms with van der Waals surface area (Å²) in [6.45, 7) is 7.12. The fourth-order valence-corrected chi connectivity index (χ4v) is 2.78. The van der Waals surface area contributed by atoms with E-state index in [9.17, 15) is 4.79 Å². The Labute approximate surface area is 153 Å². The first kappa shape index (κ1) is 17.7. The number of carbonyl (C=O) groups is 1. The first-order valence-electron chi connectivity index (χ1n) is 8.71. The number of fused-ring (bicyclic) bond motifs is 1. The van der Waals surface area contributed by atoms with Crippen LogP contribution < -0.4 is 10.1 Å². The van der Waals surface area contributed by atoms with E-state index in [4.69, 9.17) is 9.72 Å². The molecule has 0 saturated carbocycles. The Kier molecular flexibility index (Phi) is 5.69. The molecule has 0 radical (unpaired) electrons. The Balaban J connectivity index is 1.70. The van der Waals surface area contributed by atoms with Gasteiger partial charge in [-0.3, -0.25) is 4.79 Å². The van der Waals surface area contributed by atoms with Crippen molar-refractivity contribution in [2.45, 2.75) is 19.9 Å². The maximum Gasteiger partial charge on any atom is 0.246 e. The largest absolute Gasteiger partial charge is 0.492 e. The second-order valence-electron chi connectivity index (χ2n) is 6.12. The number of hydrogen-bond acceptors (Lipinski definition) is 3. The lowest BCUT2D eigenvalue weighted by molar-refractivity contribution is -0.117. The molecule has 0 aliphatic heterocycles. The molecule has 3 rings (SSSR count). The van der Waals surface area contributed by atoms with Crippen molar-refractivity contribution in [2.75, 3.05) is 13.2 Å². The number of aromatic nitrogens is 2. The Morgan fingerprint density at radius 1 is 1.15 bits per heavy atom. The SMILES string of the molecule is C=C(C)C(=O)NCCc1nc2ccccc2n1CCOc1ccccc1. The lowest BCUT2D eigenvalue weighted by Crippen LogP contribution is -2.27. The zero-order chi connectivity index (χ0) is 18.4. The quantitative estimate of drug-likeness (QED) is 0.635. The van der Waals surface area contributed by atoms with E-state index in [0.717, 1.165) is 22.6 Å². The second kappa shape index (κ2) is 8.34. The van der Waals surface area contributed by atoms with Crippen LogP contribution in [0.2, 0.25) is 0 Å². The van der Waals surface area contributed by atoms with E-state index in [2.05, 4.69) is 22.5 Å². The minimum absolute atomic E-state index is 0.125. The van der Waals surface area contributed by atoms with E-state index in [1.165, 1.54) is 0 Å². The molecular weight excluding hydrogens is 326 g/mol. The summed E-state index contributed by atoms with van der Waals surface area (Å²) < 4.78 is 7.99. The number of carbonyl (C=O) groups excluding carboxylic acids is 1. The van der Waals surface area contributed by atoms with Crippen molar-refractivity contribution in [2.24, 2.45) is 0 Å². The molecule has 1 aromatic heterocycles. The highest BCUT2D eigenvalue weighted by Crippen LogP contribution is 2.17.